The number of hydrogen-bond donors (Lipinski definition) is 1. The molecule has 0 aliphatic heterocycles. The molecule has 2 N–H and O–H groups in total. The van der Waals surface area contributed by atoms with Crippen molar-refractivity contribution in [2.75, 3.05) is 0 Å². The van der Waals surface area contributed by atoms with Gasteiger partial charge >= 0.3 is 5.69 Å². The first-order valence-corrected chi connectivity index (χ1v) is 6.06. The number of halogens is 2. The van der Waals surface area contributed by atoms with E-state index in [1.54, 1.807) is 6.92 Å². The van der Waals surface area contributed by atoms with Crippen LogP contribution in [0.1, 0.15) is 18.5 Å². The maximum atomic E-state index is 13.9. The van der Waals surface area contributed by atoms with Crippen LogP contribution in [0.2, 0.25) is 0 Å². The van der Waals surface area contributed by atoms with E-state index in [4.69, 9.17) is 10.5 Å². The van der Waals surface area contributed by atoms with E-state index in [9.17, 15) is 18.9 Å². The molecule has 0 amide bonds. The van der Waals surface area contributed by atoms with Gasteiger partial charge in [0.05, 0.1) is 4.92 Å². The lowest BCUT2D eigenvalue weighted by atomic mass is 10.1. The van der Waals surface area contributed by atoms with E-state index in [1.807, 2.05) is 0 Å². The number of para-hydroxylation sites is 1. The second-order valence-corrected chi connectivity index (χ2v) is 4.42. The Hall–Kier alpha value is -2.54. The lowest BCUT2D eigenvalue weighted by Crippen LogP contribution is -2.08. The van der Waals surface area contributed by atoms with Crippen molar-refractivity contribution < 1.29 is 18.4 Å². The summed E-state index contributed by atoms with van der Waals surface area (Å²) in [5.41, 5.74) is 5.57. The lowest BCUT2D eigenvalue weighted by Gasteiger charge is -2.14. The lowest BCUT2D eigenvalue weighted by molar-refractivity contribution is -0.385. The van der Waals surface area contributed by atoms with E-state index in [0.717, 1.165) is 24.3 Å². The van der Waals surface area contributed by atoms with Gasteiger partial charge in [-0.15, -0.1) is 0 Å². The number of nitro groups is 1. The second-order valence-electron chi connectivity index (χ2n) is 4.42. The minimum absolute atomic E-state index is 0.249. The molecule has 2 aromatic rings. The Kier molecular flexibility index (Phi) is 4.13. The number of nitro benzene ring substituents is 1. The van der Waals surface area contributed by atoms with Gasteiger partial charge in [0, 0.05) is 23.7 Å². The van der Waals surface area contributed by atoms with Crippen LogP contribution in [0.4, 0.5) is 14.5 Å². The molecule has 0 spiro atoms. The minimum Gasteiger partial charge on any atom is -0.447 e. The molecule has 5 nitrogen and oxygen atoms in total. The Balaban J connectivity index is 2.53. The number of hydrogen-bond acceptors (Lipinski definition) is 4. The molecule has 2 aromatic carbocycles. The van der Waals surface area contributed by atoms with Gasteiger partial charge < -0.3 is 10.5 Å². The Morgan fingerprint density at radius 1 is 1.29 bits per heavy atom. The van der Waals surface area contributed by atoms with Gasteiger partial charge in [-0.2, -0.15) is 0 Å². The zero-order valence-corrected chi connectivity index (χ0v) is 11.0. The molecule has 0 heterocycles. The zero-order chi connectivity index (χ0) is 15.6. The van der Waals surface area contributed by atoms with Crippen LogP contribution in [0.5, 0.6) is 11.5 Å². The van der Waals surface area contributed by atoms with Crippen LogP contribution in [-0.4, -0.2) is 4.92 Å². The number of rotatable bonds is 4. The van der Waals surface area contributed by atoms with Gasteiger partial charge in [-0.1, -0.05) is 12.1 Å². The fourth-order valence-corrected chi connectivity index (χ4v) is 1.82. The molecule has 0 fully saturated rings. The van der Waals surface area contributed by atoms with Gasteiger partial charge in [0.2, 0.25) is 5.75 Å². The maximum absolute atomic E-state index is 13.9. The summed E-state index contributed by atoms with van der Waals surface area (Å²) in [6.45, 7) is 1.61. The van der Waals surface area contributed by atoms with Crippen molar-refractivity contribution in [3.63, 3.8) is 0 Å². The van der Waals surface area contributed by atoms with Crippen LogP contribution < -0.4 is 10.5 Å². The van der Waals surface area contributed by atoms with Crippen LogP contribution in [0.25, 0.3) is 0 Å². The number of benzene rings is 2. The standard InChI is InChI=1S/C14H12F2N2O3/c1-8(17)10-3-2-4-11(16)14(10)21-13-7-9(15)5-6-12(13)18(19)20/h2-8H,17H2,1H3/t8-/m1/s1. The quantitative estimate of drug-likeness (QED) is 0.689. The summed E-state index contributed by atoms with van der Waals surface area (Å²) in [6, 6.07) is 6.27. The van der Waals surface area contributed by atoms with Crippen molar-refractivity contribution in [3.8, 4) is 11.5 Å². The molecule has 110 valence electrons. The van der Waals surface area contributed by atoms with Gasteiger partial charge in [0.1, 0.15) is 5.82 Å². The van der Waals surface area contributed by atoms with E-state index < -0.39 is 28.3 Å². The summed E-state index contributed by atoms with van der Waals surface area (Å²) in [7, 11) is 0. The van der Waals surface area contributed by atoms with Crippen LogP contribution in [-0.2, 0) is 0 Å². The molecule has 0 unspecified atom stereocenters. The molecule has 0 bridgehead atoms. The third-order valence-corrected chi connectivity index (χ3v) is 2.82. The van der Waals surface area contributed by atoms with Crippen molar-refractivity contribution in [2.45, 2.75) is 13.0 Å². The summed E-state index contributed by atoms with van der Waals surface area (Å²) in [4.78, 5) is 10.2. The normalized spacial score (nSPS) is 12.0. The van der Waals surface area contributed by atoms with Crippen LogP contribution in [0, 0.1) is 21.7 Å². The largest absolute Gasteiger partial charge is 0.447 e. The van der Waals surface area contributed by atoms with Gasteiger partial charge in [-0.05, 0) is 19.1 Å². The fraction of sp³-hybridized carbons (Fsp3) is 0.143. The molecular formula is C14H12F2N2O3. The van der Waals surface area contributed by atoms with Crippen molar-refractivity contribution >= 4 is 5.69 Å². The highest BCUT2D eigenvalue weighted by Crippen LogP contribution is 2.36. The molecule has 7 heteroatoms. The average molecular weight is 294 g/mol. The average Bonchev–Trinajstić information content (AvgIpc) is 2.40. The van der Waals surface area contributed by atoms with Crippen molar-refractivity contribution in [1.29, 1.82) is 0 Å². The Morgan fingerprint density at radius 3 is 2.62 bits per heavy atom. The summed E-state index contributed by atoms with van der Waals surface area (Å²) in [5.74, 6) is -2.09. The van der Waals surface area contributed by atoms with E-state index in [2.05, 4.69) is 0 Å². The Morgan fingerprint density at radius 2 is 2.00 bits per heavy atom. The number of nitrogens with two attached hydrogens (primary N) is 1. The maximum Gasteiger partial charge on any atom is 0.311 e. The summed E-state index contributed by atoms with van der Waals surface area (Å²) in [5, 5.41) is 10.9. The van der Waals surface area contributed by atoms with Crippen LogP contribution >= 0.6 is 0 Å². The molecule has 1 atom stereocenters. The van der Waals surface area contributed by atoms with Gasteiger partial charge in [-0.3, -0.25) is 10.1 Å². The number of ether oxygens (including phenoxy) is 1. The first kappa shape index (κ1) is 14.9. The van der Waals surface area contributed by atoms with Crippen molar-refractivity contribution in [3.05, 3.63) is 63.7 Å². The van der Waals surface area contributed by atoms with E-state index in [0.29, 0.717) is 5.56 Å². The molecule has 0 radical (unpaired) electrons. The highest BCUT2D eigenvalue weighted by atomic mass is 19.1. The molecule has 0 aliphatic rings. The predicted molar refractivity (Wildman–Crippen MR) is 72.1 cm³/mol. The van der Waals surface area contributed by atoms with Gasteiger partial charge in [-0.25, -0.2) is 8.78 Å². The minimum atomic E-state index is -0.735. The SMILES string of the molecule is C[C@@H](N)c1cccc(F)c1Oc1cc(F)ccc1[N+](=O)[O-]. The third-order valence-electron chi connectivity index (χ3n) is 2.82. The number of nitrogens with zero attached hydrogens (tertiary/aromatic N) is 1. The molecule has 0 aromatic heterocycles. The van der Waals surface area contributed by atoms with Gasteiger partial charge in [0.15, 0.2) is 11.6 Å². The van der Waals surface area contributed by atoms with E-state index in [1.165, 1.54) is 12.1 Å². The van der Waals surface area contributed by atoms with Crippen LogP contribution in [0.15, 0.2) is 36.4 Å². The third kappa shape index (κ3) is 3.14. The first-order chi connectivity index (χ1) is 9.90. The van der Waals surface area contributed by atoms with Crippen molar-refractivity contribution in [2.24, 2.45) is 5.73 Å². The molecule has 0 saturated carbocycles. The Bertz CT molecular complexity index is 690. The summed E-state index contributed by atoms with van der Waals surface area (Å²) >= 11 is 0. The van der Waals surface area contributed by atoms with E-state index >= 15 is 0 Å². The van der Waals surface area contributed by atoms with E-state index in [-0.39, 0.29) is 11.5 Å². The predicted octanol–water partition coefficient (Wildman–Crippen LogP) is 3.69. The topological polar surface area (TPSA) is 78.4 Å². The van der Waals surface area contributed by atoms with Crippen LogP contribution in [0.3, 0.4) is 0 Å². The molecular weight excluding hydrogens is 282 g/mol. The molecule has 21 heavy (non-hydrogen) atoms. The second kappa shape index (κ2) is 5.84. The highest BCUT2D eigenvalue weighted by Gasteiger charge is 2.20. The smallest absolute Gasteiger partial charge is 0.311 e. The summed E-state index contributed by atoms with van der Waals surface area (Å²) < 4.78 is 32.4. The molecule has 0 aliphatic carbocycles. The van der Waals surface area contributed by atoms with Crippen molar-refractivity contribution in [1.82, 2.24) is 0 Å². The Labute approximate surface area is 119 Å². The monoisotopic (exact) mass is 294 g/mol. The molecule has 0 saturated heterocycles. The molecule has 2 rings (SSSR count). The fourth-order valence-electron chi connectivity index (χ4n) is 1.82. The zero-order valence-electron chi connectivity index (χ0n) is 11.0. The van der Waals surface area contributed by atoms with Gasteiger partial charge in [0.25, 0.3) is 0 Å². The highest BCUT2D eigenvalue weighted by molar-refractivity contribution is 5.50. The first-order valence-electron chi connectivity index (χ1n) is 6.06. The summed E-state index contributed by atoms with van der Waals surface area (Å²) in [6.07, 6.45) is 0.